The molecule has 1 atom stereocenters. The lowest BCUT2D eigenvalue weighted by Crippen LogP contribution is -2.31. The van der Waals surface area contributed by atoms with Crippen LogP contribution in [-0.4, -0.2) is 48.0 Å². The molecule has 0 bridgehead atoms. The number of hydrogen-bond acceptors (Lipinski definition) is 7. The number of anilines is 1. The largest absolute Gasteiger partial charge is 0.573 e. The van der Waals surface area contributed by atoms with Crippen molar-refractivity contribution in [3.8, 4) is 17.3 Å². The third-order valence-electron chi connectivity index (χ3n) is 7.26. The van der Waals surface area contributed by atoms with Crippen molar-refractivity contribution in [2.45, 2.75) is 64.9 Å². The summed E-state index contributed by atoms with van der Waals surface area (Å²) in [6.45, 7) is 5.97. The molecule has 1 aliphatic carbocycles. The second-order valence-corrected chi connectivity index (χ2v) is 10.5. The van der Waals surface area contributed by atoms with Crippen LogP contribution in [0.25, 0.3) is 22.7 Å². The molecule has 0 unspecified atom stereocenters. The molecule has 3 aromatic heterocycles. The van der Waals surface area contributed by atoms with Crippen molar-refractivity contribution in [1.82, 2.24) is 24.5 Å². The Hall–Kier alpha value is -4.29. The van der Waals surface area contributed by atoms with E-state index in [1.165, 1.54) is 6.07 Å². The van der Waals surface area contributed by atoms with E-state index in [1.54, 1.807) is 10.8 Å². The number of alkyl halides is 3. The van der Waals surface area contributed by atoms with Gasteiger partial charge < -0.3 is 19.7 Å². The first-order chi connectivity index (χ1) is 19.4. The number of rotatable bonds is 9. The molecule has 9 nitrogen and oxygen atoms in total. The van der Waals surface area contributed by atoms with Gasteiger partial charge in [-0.2, -0.15) is 0 Å². The molecule has 216 valence electrons. The number of carboxylic acid groups (broad SMARTS) is 1. The molecule has 0 amide bonds. The molecule has 1 aromatic carbocycles. The number of fused-ring (bicyclic) bond motifs is 1. The average Bonchev–Trinajstić information content (AvgIpc) is 3.22. The lowest BCUT2D eigenvalue weighted by atomic mass is 9.80. The number of carbonyl (C=O) groups is 1. The van der Waals surface area contributed by atoms with Crippen LogP contribution >= 0.6 is 0 Å². The first-order valence-electron chi connectivity index (χ1n) is 13.2. The Balaban J connectivity index is 1.68. The van der Waals surface area contributed by atoms with E-state index < -0.39 is 29.7 Å². The topological polar surface area (TPSA) is 115 Å². The minimum atomic E-state index is -5.04. The molecule has 41 heavy (non-hydrogen) atoms. The fourth-order valence-electron chi connectivity index (χ4n) is 4.82. The number of imidazole rings is 1. The molecule has 1 aliphatic rings. The fourth-order valence-corrected chi connectivity index (χ4v) is 4.82. The maximum Gasteiger partial charge on any atom is 0.573 e. The van der Waals surface area contributed by atoms with Gasteiger partial charge in [0.2, 0.25) is 5.82 Å². The summed E-state index contributed by atoms with van der Waals surface area (Å²) in [5.41, 5.74) is 2.19. The van der Waals surface area contributed by atoms with Crippen LogP contribution in [0.1, 0.15) is 67.7 Å². The molecule has 1 fully saturated rings. The summed E-state index contributed by atoms with van der Waals surface area (Å²) in [5.74, 6) is -2.81. The highest BCUT2D eigenvalue weighted by Gasteiger charge is 2.32. The van der Waals surface area contributed by atoms with Crippen molar-refractivity contribution in [3.05, 3.63) is 59.3 Å². The maximum atomic E-state index is 14.7. The highest BCUT2D eigenvalue weighted by Crippen LogP contribution is 2.34. The van der Waals surface area contributed by atoms with Gasteiger partial charge in [-0.15, -0.1) is 13.2 Å². The number of ether oxygens (including phenoxy) is 1. The van der Waals surface area contributed by atoms with E-state index in [4.69, 9.17) is 0 Å². The predicted molar refractivity (Wildman–Crippen MR) is 142 cm³/mol. The smallest absolute Gasteiger partial charge is 0.475 e. The molecule has 0 saturated heterocycles. The molecular weight excluding hydrogens is 544 g/mol. The second-order valence-electron chi connectivity index (χ2n) is 10.5. The second kappa shape index (κ2) is 10.9. The lowest BCUT2D eigenvalue weighted by molar-refractivity contribution is -0.275. The van der Waals surface area contributed by atoms with Gasteiger partial charge in [0.05, 0.1) is 6.54 Å². The number of aromatic carboxylic acids is 1. The van der Waals surface area contributed by atoms with Gasteiger partial charge in [-0.25, -0.2) is 24.1 Å². The minimum Gasteiger partial charge on any atom is -0.475 e. The summed E-state index contributed by atoms with van der Waals surface area (Å²) >= 11 is 0. The van der Waals surface area contributed by atoms with Crippen molar-refractivity contribution in [2.24, 2.45) is 5.92 Å². The molecule has 0 aliphatic heterocycles. The molecule has 0 radical (unpaired) electrons. The zero-order valence-electron chi connectivity index (χ0n) is 22.5. The number of benzene rings is 1. The van der Waals surface area contributed by atoms with Gasteiger partial charge in [-0.05, 0) is 67.0 Å². The van der Waals surface area contributed by atoms with Crippen LogP contribution in [0.15, 0.2) is 36.5 Å². The molecule has 2 N–H and O–H groups in total. The normalized spacial score (nSPS) is 14.7. The molecule has 4 aromatic rings. The fraction of sp³-hybridized carbons (Fsp3) is 0.393. The van der Waals surface area contributed by atoms with Gasteiger partial charge in [-0.1, -0.05) is 26.3 Å². The highest BCUT2D eigenvalue weighted by atomic mass is 19.4. The van der Waals surface area contributed by atoms with E-state index in [9.17, 15) is 27.5 Å². The quantitative estimate of drug-likeness (QED) is 0.222. The number of nitrogens with one attached hydrogen (secondary N) is 1. The molecular formula is C28H28F4N6O3. The first kappa shape index (κ1) is 28.2. The van der Waals surface area contributed by atoms with Gasteiger partial charge in [0, 0.05) is 12.2 Å². The molecule has 13 heteroatoms. The third kappa shape index (κ3) is 6.08. The third-order valence-corrected chi connectivity index (χ3v) is 7.26. The van der Waals surface area contributed by atoms with Crippen LogP contribution in [0.2, 0.25) is 0 Å². The van der Waals surface area contributed by atoms with E-state index in [0.29, 0.717) is 28.5 Å². The Kier molecular flexibility index (Phi) is 7.54. The van der Waals surface area contributed by atoms with Gasteiger partial charge in [0.15, 0.2) is 28.9 Å². The number of carboxylic acids is 1. The number of hydrogen-bond donors (Lipinski definition) is 2. The molecule has 0 spiro atoms. The summed E-state index contributed by atoms with van der Waals surface area (Å²) in [4.78, 5) is 29.5. The van der Waals surface area contributed by atoms with E-state index in [2.05, 4.69) is 30.0 Å². The molecule has 1 saturated carbocycles. The number of pyridine rings is 1. The summed E-state index contributed by atoms with van der Waals surface area (Å²) in [5, 5.41) is 13.0. The van der Waals surface area contributed by atoms with Crippen molar-refractivity contribution in [2.75, 3.05) is 5.32 Å². The number of nitrogens with zero attached hydrogens (tertiary/aromatic N) is 5. The SMILES string of the molecule is CC(C)c1ccnc(-c2nc3nc(C(=O)O)nc(N[C@H](C)C4CCC4)c3n2Cc2ccc(OC(F)(F)F)c(F)c2)c1. The van der Waals surface area contributed by atoms with Crippen LogP contribution < -0.4 is 10.1 Å². The zero-order valence-corrected chi connectivity index (χ0v) is 22.5. The standard InChI is InChI=1S/C28H28F4N6O3/c1-14(2)18-9-10-33-20(12-18)26-37-24-22(23(35-25(36-24)27(39)40)34-15(3)17-5-4-6-17)38(26)13-16-7-8-21(19(29)11-16)41-28(30,31)32/h7-12,14-15,17H,4-6,13H2,1-3H3,(H,39,40)(H,34,35,36)/t15-/m1/s1. The Morgan fingerprint density at radius 1 is 1.15 bits per heavy atom. The van der Waals surface area contributed by atoms with Crippen LogP contribution in [-0.2, 0) is 6.54 Å². The van der Waals surface area contributed by atoms with Crippen LogP contribution in [0.5, 0.6) is 5.75 Å². The summed E-state index contributed by atoms with van der Waals surface area (Å²) in [6.07, 6.45) is -0.258. The number of aromatic nitrogens is 5. The predicted octanol–water partition coefficient (Wildman–Crippen LogP) is 6.40. The Bertz CT molecular complexity index is 1600. The monoisotopic (exact) mass is 572 g/mol. The van der Waals surface area contributed by atoms with E-state index in [1.807, 2.05) is 32.9 Å². The van der Waals surface area contributed by atoms with Crippen LogP contribution in [0.4, 0.5) is 23.4 Å². The summed E-state index contributed by atoms with van der Waals surface area (Å²) in [7, 11) is 0. The summed E-state index contributed by atoms with van der Waals surface area (Å²) in [6, 6.07) is 6.85. The van der Waals surface area contributed by atoms with Crippen molar-refractivity contribution < 1.29 is 32.2 Å². The van der Waals surface area contributed by atoms with Gasteiger partial charge in [0.1, 0.15) is 11.2 Å². The van der Waals surface area contributed by atoms with Crippen LogP contribution in [0, 0.1) is 11.7 Å². The van der Waals surface area contributed by atoms with E-state index in [-0.39, 0.29) is 30.0 Å². The van der Waals surface area contributed by atoms with Crippen molar-refractivity contribution in [3.63, 3.8) is 0 Å². The zero-order chi connectivity index (χ0) is 29.5. The maximum absolute atomic E-state index is 14.7. The Morgan fingerprint density at radius 2 is 1.90 bits per heavy atom. The van der Waals surface area contributed by atoms with Gasteiger partial charge in [-0.3, -0.25) is 4.98 Å². The Labute approximate surface area is 232 Å². The number of halogens is 4. The van der Waals surface area contributed by atoms with Crippen molar-refractivity contribution >= 4 is 23.0 Å². The van der Waals surface area contributed by atoms with Gasteiger partial charge in [0.25, 0.3) is 0 Å². The van der Waals surface area contributed by atoms with Gasteiger partial charge >= 0.3 is 12.3 Å². The van der Waals surface area contributed by atoms with Crippen LogP contribution in [0.3, 0.4) is 0 Å². The van der Waals surface area contributed by atoms with E-state index in [0.717, 1.165) is 37.0 Å². The molecule has 5 rings (SSSR count). The molecule has 3 heterocycles. The average molecular weight is 573 g/mol. The van der Waals surface area contributed by atoms with Crippen molar-refractivity contribution in [1.29, 1.82) is 0 Å². The first-order valence-corrected chi connectivity index (χ1v) is 13.2. The minimum absolute atomic E-state index is 0.0334. The highest BCUT2D eigenvalue weighted by molar-refractivity contribution is 5.92. The lowest BCUT2D eigenvalue weighted by Gasteiger charge is -2.32. The summed E-state index contributed by atoms with van der Waals surface area (Å²) < 4.78 is 58.1. The Morgan fingerprint density at radius 3 is 2.51 bits per heavy atom. The van der Waals surface area contributed by atoms with E-state index >= 15 is 0 Å².